The maximum absolute atomic E-state index is 13.0. The molecule has 0 atom stereocenters. The third kappa shape index (κ3) is 3.65. The van der Waals surface area contributed by atoms with E-state index in [0.29, 0.717) is 11.2 Å². The normalized spacial score (nSPS) is 11.8. The summed E-state index contributed by atoms with van der Waals surface area (Å²) in [6, 6.07) is 21.8. The molecule has 7 heteroatoms. The average Bonchev–Trinajstić information content (AvgIpc) is 2.77. The molecule has 0 N–H and O–H groups in total. The molecule has 4 rings (SSSR count). The monoisotopic (exact) mass is 419 g/mol. The highest BCUT2D eigenvalue weighted by Crippen LogP contribution is 2.25. The van der Waals surface area contributed by atoms with Crippen LogP contribution in [0.1, 0.15) is 0 Å². The minimum atomic E-state index is -3.81. The van der Waals surface area contributed by atoms with Crippen molar-refractivity contribution in [3.05, 3.63) is 79.0 Å². The van der Waals surface area contributed by atoms with Gasteiger partial charge in [-0.2, -0.15) is 4.31 Å². The summed E-state index contributed by atoms with van der Waals surface area (Å²) in [5, 5.41) is 2.70. The standard InChI is InChI=1S/C23H21N3O3S/c1-25(30(28,29)20-13-12-17-7-3-4-8-19(17)15-20)16-22(27)26(2)21-11-5-9-18-10-6-14-24-23(18)21/h3-15H,16H2,1-2H3. The fourth-order valence-electron chi connectivity index (χ4n) is 3.38. The Morgan fingerprint density at radius 1 is 0.867 bits per heavy atom. The number of likely N-dealkylation sites (N-methyl/N-ethyl adjacent to an activating group) is 2. The van der Waals surface area contributed by atoms with Crippen LogP contribution in [0.3, 0.4) is 0 Å². The number of para-hydroxylation sites is 1. The van der Waals surface area contributed by atoms with E-state index < -0.39 is 10.0 Å². The predicted molar refractivity (Wildman–Crippen MR) is 119 cm³/mol. The highest BCUT2D eigenvalue weighted by Gasteiger charge is 2.25. The van der Waals surface area contributed by atoms with Gasteiger partial charge >= 0.3 is 0 Å². The Kier molecular flexibility index (Phi) is 5.24. The zero-order valence-corrected chi connectivity index (χ0v) is 17.5. The van der Waals surface area contributed by atoms with Crippen LogP contribution in [0.5, 0.6) is 0 Å². The van der Waals surface area contributed by atoms with E-state index in [1.165, 1.54) is 11.9 Å². The van der Waals surface area contributed by atoms with Crippen LogP contribution >= 0.6 is 0 Å². The zero-order valence-electron chi connectivity index (χ0n) is 16.7. The van der Waals surface area contributed by atoms with Gasteiger partial charge in [0.15, 0.2) is 0 Å². The Balaban J connectivity index is 1.58. The van der Waals surface area contributed by atoms with E-state index in [1.807, 2.05) is 48.5 Å². The Morgan fingerprint density at radius 2 is 1.57 bits per heavy atom. The van der Waals surface area contributed by atoms with Crippen LogP contribution in [0.25, 0.3) is 21.7 Å². The van der Waals surface area contributed by atoms with Crippen LogP contribution in [0.4, 0.5) is 5.69 Å². The SMILES string of the molecule is CN(C(=O)CN(C)S(=O)(=O)c1ccc2ccccc2c1)c1cccc2cccnc12. The first-order valence-electron chi connectivity index (χ1n) is 9.43. The fourth-order valence-corrected chi connectivity index (χ4v) is 4.54. The summed E-state index contributed by atoms with van der Waals surface area (Å²) in [5.41, 5.74) is 1.32. The third-order valence-electron chi connectivity index (χ3n) is 5.13. The van der Waals surface area contributed by atoms with Gasteiger partial charge in [-0.3, -0.25) is 9.78 Å². The van der Waals surface area contributed by atoms with Gasteiger partial charge in [0.1, 0.15) is 0 Å². The molecule has 0 aliphatic rings. The maximum Gasteiger partial charge on any atom is 0.243 e. The summed E-state index contributed by atoms with van der Waals surface area (Å²) in [7, 11) is -0.772. The number of sulfonamides is 1. The molecular formula is C23H21N3O3S. The summed E-state index contributed by atoms with van der Waals surface area (Å²) < 4.78 is 27.1. The number of hydrogen-bond donors (Lipinski definition) is 0. The predicted octanol–water partition coefficient (Wildman–Crippen LogP) is 3.67. The Hall–Kier alpha value is -3.29. The van der Waals surface area contributed by atoms with Crippen LogP contribution < -0.4 is 4.90 Å². The van der Waals surface area contributed by atoms with Crippen LogP contribution in [-0.2, 0) is 14.8 Å². The summed E-state index contributed by atoms with van der Waals surface area (Å²) in [4.78, 5) is 18.8. The average molecular weight is 420 g/mol. The number of rotatable bonds is 5. The molecule has 152 valence electrons. The number of benzene rings is 3. The topological polar surface area (TPSA) is 70.6 Å². The lowest BCUT2D eigenvalue weighted by atomic mass is 10.1. The van der Waals surface area contributed by atoms with E-state index in [1.54, 1.807) is 37.5 Å². The van der Waals surface area contributed by atoms with Crippen molar-refractivity contribution in [3.8, 4) is 0 Å². The second kappa shape index (κ2) is 7.85. The number of anilines is 1. The fraction of sp³-hybridized carbons (Fsp3) is 0.130. The van der Waals surface area contributed by atoms with Gasteiger partial charge in [0.05, 0.1) is 22.6 Å². The van der Waals surface area contributed by atoms with Crippen molar-refractivity contribution in [2.24, 2.45) is 0 Å². The van der Waals surface area contributed by atoms with Gasteiger partial charge < -0.3 is 4.90 Å². The number of nitrogens with zero attached hydrogens (tertiary/aromatic N) is 3. The summed E-state index contributed by atoms with van der Waals surface area (Å²) >= 11 is 0. The largest absolute Gasteiger partial charge is 0.312 e. The molecule has 0 saturated heterocycles. The Morgan fingerprint density at radius 3 is 2.37 bits per heavy atom. The lowest BCUT2D eigenvalue weighted by Gasteiger charge is -2.23. The van der Waals surface area contributed by atoms with E-state index in [2.05, 4.69) is 4.98 Å². The second-order valence-electron chi connectivity index (χ2n) is 7.08. The van der Waals surface area contributed by atoms with Gasteiger partial charge in [0.2, 0.25) is 15.9 Å². The van der Waals surface area contributed by atoms with Gasteiger partial charge in [0.25, 0.3) is 0 Å². The molecule has 0 saturated carbocycles. The smallest absolute Gasteiger partial charge is 0.243 e. The summed E-state index contributed by atoms with van der Waals surface area (Å²) in [6.45, 7) is -0.283. The van der Waals surface area contributed by atoms with E-state index >= 15 is 0 Å². The maximum atomic E-state index is 13.0. The summed E-state index contributed by atoms with van der Waals surface area (Å²) in [6.07, 6.45) is 1.67. The van der Waals surface area contributed by atoms with E-state index in [4.69, 9.17) is 0 Å². The van der Waals surface area contributed by atoms with E-state index in [0.717, 1.165) is 20.5 Å². The number of hydrogen-bond acceptors (Lipinski definition) is 4. The van der Waals surface area contributed by atoms with E-state index in [9.17, 15) is 13.2 Å². The first-order chi connectivity index (χ1) is 14.4. The molecule has 6 nitrogen and oxygen atoms in total. The van der Waals surface area contributed by atoms with Crippen LogP contribution in [-0.4, -0.2) is 44.3 Å². The van der Waals surface area contributed by atoms with Gasteiger partial charge in [-0.25, -0.2) is 8.42 Å². The van der Waals surface area contributed by atoms with Gasteiger partial charge in [-0.15, -0.1) is 0 Å². The molecule has 0 unspecified atom stereocenters. The van der Waals surface area contributed by atoms with Crippen LogP contribution in [0, 0.1) is 0 Å². The number of pyridine rings is 1. The molecule has 0 aliphatic heterocycles. The molecule has 0 aliphatic carbocycles. The van der Waals surface area contributed by atoms with Crippen molar-refractivity contribution in [3.63, 3.8) is 0 Å². The summed E-state index contributed by atoms with van der Waals surface area (Å²) in [5.74, 6) is -0.347. The molecule has 1 amide bonds. The molecule has 0 bridgehead atoms. The molecule has 0 radical (unpaired) electrons. The molecule has 1 aromatic heterocycles. The first kappa shape index (κ1) is 20.0. The van der Waals surface area contributed by atoms with E-state index in [-0.39, 0.29) is 17.3 Å². The highest BCUT2D eigenvalue weighted by atomic mass is 32.2. The highest BCUT2D eigenvalue weighted by molar-refractivity contribution is 7.89. The second-order valence-corrected chi connectivity index (χ2v) is 9.12. The van der Waals surface area contributed by atoms with Crippen molar-refractivity contribution in [1.82, 2.24) is 9.29 Å². The lowest BCUT2D eigenvalue weighted by molar-refractivity contribution is -0.118. The number of carbonyl (C=O) groups excluding carboxylic acids is 1. The van der Waals surface area contributed by atoms with Gasteiger partial charge in [0, 0.05) is 25.7 Å². The molecule has 1 heterocycles. The van der Waals surface area contributed by atoms with Gasteiger partial charge in [-0.1, -0.05) is 48.5 Å². The molecule has 0 spiro atoms. The van der Waals surface area contributed by atoms with Crippen molar-refractivity contribution in [2.75, 3.05) is 25.5 Å². The van der Waals surface area contributed by atoms with Crippen molar-refractivity contribution >= 4 is 43.3 Å². The quantitative estimate of drug-likeness (QED) is 0.495. The Bertz CT molecular complexity index is 1350. The van der Waals surface area contributed by atoms with Gasteiger partial charge in [-0.05, 0) is 35.0 Å². The number of carbonyl (C=O) groups is 1. The molecule has 4 aromatic rings. The minimum Gasteiger partial charge on any atom is -0.312 e. The minimum absolute atomic E-state index is 0.158. The number of aromatic nitrogens is 1. The van der Waals surface area contributed by atoms with Crippen molar-refractivity contribution < 1.29 is 13.2 Å². The van der Waals surface area contributed by atoms with Crippen molar-refractivity contribution in [1.29, 1.82) is 0 Å². The molecular weight excluding hydrogens is 398 g/mol. The zero-order chi connectivity index (χ0) is 21.3. The molecule has 0 fully saturated rings. The molecule has 30 heavy (non-hydrogen) atoms. The molecule has 3 aromatic carbocycles. The first-order valence-corrected chi connectivity index (χ1v) is 10.9. The van der Waals surface area contributed by atoms with Crippen LogP contribution in [0.15, 0.2) is 83.9 Å². The van der Waals surface area contributed by atoms with Crippen LogP contribution in [0.2, 0.25) is 0 Å². The number of amides is 1. The lowest BCUT2D eigenvalue weighted by Crippen LogP contribution is -2.39. The third-order valence-corrected chi connectivity index (χ3v) is 6.93. The van der Waals surface area contributed by atoms with Crippen molar-refractivity contribution in [2.45, 2.75) is 4.90 Å². The number of fused-ring (bicyclic) bond motifs is 2. The Labute approximate surface area is 175 Å².